The minimum atomic E-state index is -0.156. The summed E-state index contributed by atoms with van der Waals surface area (Å²) in [4.78, 5) is 12.8. The lowest BCUT2D eigenvalue weighted by atomic mass is 10.0. The monoisotopic (exact) mass is 176 g/mol. The maximum Gasteiger partial charge on any atom is 0.141 e. The van der Waals surface area contributed by atoms with Gasteiger partial charge in [0.15, 0.2) is 0 Å². The minimum Gasteiger partial charge on any atom is -0.398 e. The maximum absolute atomic E-state index is 10.8. The van der Waals surface area contributed by atoms with Crippen LogP contribution in [-0.2, 0) is 11.3 Å². The summed E-state index contributed by atoms with van der Waals surface area (Å²) in [6.45, 7) is 0.809. The van der Waals surface area contributed by atoms with Crippen molar-refractivity contribution in [2.75, 3.05) is 12.8 Å². The van der Waals surface area contributed by atoms with Gasteiger partial charge < -0.3 is 10.5 Å². The van der Waals surface area contributed by atoms with Crippen LogP contribution >= 0.6 is 0 Å². The summed E-state index contributed by atoms with van der Waals surface area (Å²) >= 11 is 0. The van der Waals surface area contributed by atoms with E-state index in [1.165, 1.54) is 5.56 Å². The normalized spacial score (nSPS) is 21.5. The molecule has 0 spiro atoms. The zero-order valence-electron chi connectivity index (χ0n) is 7.53. The highest BCUT2D eigenvalue weighted by Crippen LogP contribution is 2.34. The van der Waals surface area contributed by atoms with Gasteiger partial charge in [0, 0.05) is 17.8 Å². The van der Waals surface area contributed by atoms with E-state index in [0.717, 1.165) is 24.1 Å². The molecule has 2 rings (SSSR count). The first-order chi connectivity index (χ1) is 6.24. The Morgan fingerprint density at radius 2 is 2.38 bits per heavy atom. The van der Waals surface area contributed by atoms with Crippen LogP contribution < -0.4 is 5.73 Å². The van der Waals surface area contributed by atoms with Crippen molar-refractivity contribution in [1.82, 2.24) is 4.90 Å². The number of aldehydes is 1. The van der Waals surface area contributed by atoms with Gasteiger partial charge in [-0.05, 0) is 18.7 Å². The molecule has 0 saturated heterocycles. The number of benzene rings is 1. The molecule has 1 heterocycles. The molecule has 0 saturated carbocycles. The van der Waals surface area contributed by atoms with Crippen molar-refractivity contribution in [3.63, 3.8) is 0 Å². The number of rotatable bonds is 1. The van der Waals surface area contributed by atoms with E-state index >= 15 is 0 Å². The third kappa shape index (κ3) is 1.12. The first kappa shape index (κ1) is 8.26. The molecule has 1 aliphatic rings. The second kappa shape index (κ2) is 2.85. The van der Waals surface area contributed by atoms with Crippen molar-refractivity contribution in [2.24, 2.45) is 0 Å². The fourth-order valence-corrected chi connectivity index (χ4v) is 1.89. The molecule has 68 valence electrons. The number of carbonyl (C=O) groups is 1. The summed E-state index contributed by atoms with van der Waals surface area (Å²) in [6.07, 6.45) is 0.947. The van der Waals surface area contributed by atoms with Crippen LogP contribution in [0.1, 0.15) is 17.2 Å². The molecule has 13 heavy (non-hydrogen) atoms. The Balaban J connectivity index is 2.55. The molecule has 1 aliphatic heterocycles. The molecule has 0 radical (unpaired) electrons. The molecule has 0 bridgehead atoms. The highest BCUT2D eigenvalue weighted by molar-refractivity contribution is 5.70. The Hall–Kier alpha value is -1.35. The largest absolute Gasteiger partial charge is 0.398 e. The molecule has 0 aliphatic carbocycles. The van der Waals surface area contributed by atoms with E-state index in [2.05, 4.69) is 0 Å². The standard InChI is InChI=1S/C10H12N2O/c1-12-5-7-3-2-4-8(11)10(7)9(12)6-13/h2-4,6,9H,5,11H2,1H3. The SMILES string of the molecule is CN1Cc2cccc(N)c2C1C=O. The van der Waals surface area contributed by atoms with Crippen LogP contribution in [0.25, 0.3) is 0 Å². The predicted octanol–water partition coefficient (Wildman–Crippen LogP) is 0.954. The van der Waals surface area contributed by atoms with Crippen molar-refractivity contribution in [2.45, 2.75) is 12.6 Å². The van der Waals surface area contributed by atoms with Crippen LogP contribution in [0.4, 0.5) is 5.69 Å². The van der Waals surface area contributed by atoms with Crippen LogP contribution in [0.15, 0.2) is 18.2 Å². The second-order valence-corrected chi connectivity index (χ2v) is 3.42. The molecular weight excluding hydrogens is 164 g/mol. The van der Waals surface area contributed by atoms with Crippen molar-refractivity contribution in [3.05, 3.63) is 29.3 Å². The lowest BCUT2D eigenvalue weighted by molar-refractivity contribution is -0.111. The van der Waals surface area contributed by atoms with Gasteiger partial charge in [0.25, 0.3) is 0 Å². The van der Waals surface area contributed by atoms with E-state index in [-0.39, 0.29) is 6.04 Å². The predicted molar refractivity (Wildman–Crippen MR) is 51.1 cm³/mol. The number of anilines is 1. The molecule has 3 heteroatoms. The number of hydrogen-bond acceptors (Lipinski definition) is 3. The summed E-state index contributed by atoms with van der Waals surface area (Å²) < 4.78 is 0. The zero-order valence-corrected chi connectivity index (χ0v) is 7.53. The van der Waals surface area contributed by atoms with Crippen LogP contribution in [-0.4, -0.2) is 18.2 Å². The number of carbonyl (C=O) groups excluding carboxylic acids is 1. The summed E-state index contributed by atoms with van der Waals surface area (Å²) in [5.41, 5.74) is 8.69. The second-order valence-electron chi connectivity index (χ2n) is 3.42. The Labute approximate surface area is 77.1 Å². The van der Waals surface area contributed by atoms with Gasteiger partial charge in [-0.3, -0.25) is 4.90 Å². The molecule has 0 aromatic heterocycles. The molecule has 0 fully saturated rings. The van der Waals surface area contributed by atoms with Gasteiger partial charge in [-0.25, -0.2) is 0 Å². The summed E-state index contributed by atoms with van der Waals surface area (Å²) in [6, 6.07) is 5.63. The Kier molecular flexibility index (Phi) is 1.81. The van der Waals surface area contributed by atoms with Gasteiger partial charge in [-0.1, -0.05) is 12.1 Å². The van der Waals surface area contributed by atoms with Crippen molar-refractivity contribution in [3.8, 4) is 0 Å². The molecular formula is C10H12N2O. The highest BCUT2D eigenvalue weighted by atomic mass is 16.1. The number of hydrogen-bond donors (Lipinski definition) is 1. The first-order valence-corrected chi connectivity index (χ1v) is 4.27. The van der Waals surface area contributed by atoms with E-state index in [0.29, 0.717) is 0 Å². The fourth-order valence-electron chi connectivity index (χ4n) is 1.89. The van der Waals surface area contributed by atoms with Gasteiger partial charge in [0.05, 0.1) is 6.04 Å². The van der Waals surface area contributed by atoms with Gasteiger partial charge in [0.1, 0.15) is 6.29 Å². The Bertz CT molecular complexity index is 349. The Morgan fingerprint density at radius 3 is 3.08 bits per heavy atom. The smallest absolute Gasteiger partial charge is 0.141 e. The average molecular weight is 176 g/mol. The zero-order chi connectivity index (χ0) is 9.42. The highest BCUT2D eigenvalue weighted by Gasteiger charge is 2.28. The molecule has 1 aromatic rings. The van der Waals surface area contributed by atoms with Gasteiger partial charge >= 0.3 is 0 Å². The summed E-state index contributed by atoms with van der Waals surface area (Å²) in [5.74, 6) is 0. The van der Waals surface area contributed by atoms with E-state index in [1.54, 1.807) is 0 Å². The number of likely N-dealkylation sites (N-methyl/N-ethyl adjacent to an activating group) is 1. The Morgan fingerprint density at radius 1 is 1.62 bits per heavy atom. The quantitative estimate of drug-likeness (QED) is 0.512. The van der Waals surface area contributed by atoms with E-state index < -0.39 is 0 Å². The van der Waals surface area contributed by atoms with Crippen LogP contribution in [0.5, 0.6) is 0 Å². The fraction of sp³-hybridized carbons (Fsp3) is 0.300. The van der Waals surface area contributed by atoms with Crippen molar-refractivity contribution in [1.29, 1.82) is 0 Å². The minimum absolute atomic E-state index is 0.156. The third-order valence-electron chi connectivity index (χ3n) is 2.55. The lowest BCUT2D eigenvalue weighted by Gasteiger charge is -2.13. The van der Waals surface area contributed by atoms with Gasteiger partial charge in [0.2, 0.25) is 0 Å². The average Bonchev–Trinajstić information content (AvgIpc) is 2.42. The molecule has 3 nitrogen and oxygen atoms in total. The lowest BCUT2D eigenvalue weighted by Crippen LogP contribution is -2.17. The molecule has 1 atom stereocenters. The first-order valence-electron chi connectivity index (χ1n) is 4.27. The van der Waals surface area contributed by atoms with Crippen LogP contribution in [0.3, 0.4) is 0 Å². The summed E-state index contributed by atoms with van der Waals surface area (Å²) in [7, 11) is 1.93. The van der Waals surface area contributed by atoms with Crippen LogP contribution in [0.2, 0.25) is 0 Å². The molecule has 1 aromatic carbocycles. The molecule has 1 unspecified atom stereocenters. The number of nitrogens with two attached hydrogens (primary N) is 1. The van der Waals surface area contributed by atoms with Gasteiger partial charge in [-0.2, -0.15) is 0 Å². The third-order valence-corrected chi connectivity index (χ3v) is 2.55. The van der Waals surface area contributed by atoms with Gasteiger partial charge in [-0.15, -0.1) is 0 Å². The molecule has 2 N–H and O–H groups in total. The summed E-state index contributed by atoms with van der Waals surface area (Å²) in [5, 5.41) is 0. The van der Waals surface area contributed by atoms with Crippen molar-refractivity contribution >= 4 is 12.0 Å². The number of nitrogen functional groups attached to an aromatic ring is 1. The van der Waals surface area contributed by atoms with E-state index in [4.69, 9.17) is 5.73 Å². The van der Waals surface area contributed by atoms with E-state index in [9.17, 15) is 4.79 Å². The maximum atomic E-state index is 10.8. The number of fused-ring (bicyclic) bond motifs is 1. The van der Waals surface area contributed by atoms with Crippen molar-refractivity contribution < 1.29 is 4.79 Å². The van der Waals surface area contributed by atoms with Crippen LogP contribution in [0, 0.1) is 0 Å². The molecule has 0 amide bonds. The topological polar surface area (TPSA) is 46.3 Å². The number of nitrogens with zero attached hydrogens (tertiary/aromatic N) is 1. The van der Waals surface area contributed by atoms with E-state index in [1.807, 2.05) is 30.1 Å².